The average Bonchev–Trinajstić information content (AvgIpc) is 3.40. The number of benzene rings is 1. The third kappa shape index (κ3) is 5.39. The minimum absolute atomic E-state index is 0.0653. The number of rotatable bonds is 8. The van der Waals surface area contributed by atoms with Gasteiger partial charge in [-0.05, 0) is 64.3 Å². The highest BCUT2D eigenvalue weighted by Gasteiger charge is 2.33. The molecule has 0 spiro atoms. The lowest BCUT2D eigenvalue weighted by atomic mass is 10.0. The van der Waals surface area contributed by atoms with Gasteiger partial charge < -0.3 is 20.1 Å². The number of amides is 1. The van der Waals surface area contributed by atoms with Crippen LogP contribution in [0.5, 0.6) is 5.75 Å². The summed E-state index contributed by atoms with van der Waals surface area (Å²) in [5, 5.41) is 21.8. The highest BCUT2D eigenvalue weighted by molar-refractivity contribution is 5.79. The number of nitrogens with zero attached hydrogens (tertiary/aromatic N) is 6. The zero-order chi connectivity index (χ0) is 23.6. The minimum atomic E-state index is -0.912. The molecular weight excluding hydrogens is 422 g/mol. The van der Waals surface area contributed by atoms with Crippen molar-refractivity contribution in [2.24, 2.45) is 5.92 Å². The van der Waals surface area contributed by atoms with Gasteiger partial charge in [0.15, 0.2) is 11.2 Å². The van der Waals surface area contributed by atoms with E-state index in [0.29, 0.717) is 36.7 Å². The van der Waals surface area contributed by atoms with Gasteiger partial charge >= 0.3 is 0 Å². The molecule has 2 atom stereocenters. The van der Waals surface area contributed by atoms with E-state index in [0.717, 1.165) is 24.3 Å². The van der Waals surface area contributed by atoms with E-state index >= 15 is 0 Å². The van der Waals surface area contributed by atoms with Crippen LogP contribution < -0.4 is 10.1 Å². The molecule has 0 saturated heterocycles. The molecule has 10 nitrogen and oxygen atoms in total. The number of aliphatic hydroxyl groups is 1. The van der Waals surface area contributed by atoms with Gasteiger partial charge in [-0.15, -0.1) is 5.10 Å². The molecule has 0 aliphatic heterocycles. The van der Waals surface area contributed by atoms with Crippen LogP contribution in [0.2, 0.25) is 0 Å². The van der Waals surface area contributed by atoms with Gasteiger partial charge in [-0.1, -0.05) is 5.21 Å². The summed E-state index contributed by atoms with van der Waals surface area (Å²) in [5.74, 6) is 1.27. The average molecular weight is 454 g/mol. The Kier molecular flexibility index (Phi) is 6.46. The second-order valence-corrected chi connectivity index (χ2v) is 9.19. The summed E-state index contributed by atoms with van der Waals surface area (Å²) in [7, 11) is 1.74. The number of aromatic nitrogens is 5. The summed E-state index contributed by atoms with van der Waals surface area (Å²) in [6.45, 7) is 6.27. The van der Waals surface area contributed by atoms with Crippen molar-refractivity contribution in [3.8, 4) is 11.4 Å². The molecule has 4 rings (SSSR count). The highest BCUT2D eigenvalue weighted by Crippen LogP contribution is 2.29. The second-order valence-electron chi connectivity index (χ2n) is 9.19. The van der Waals surface area contributed by atoms with Crippen molar-refractivity contribution < 1.29 is 14.6 Å². The van der Waals surface area contributed by atoms with Gasteiger partial charge in [-0.2, -0.15) is 9.67 Å². The SMILES string of the molecule is CCOc1ccc(-n2nnc3cnc(NC4CCC(C(=O)N(C)CC(C)(C)O)C4)nc32)cc1. The van der Waals surface area contributed by atoms with Crippen LogP contribution in [0.15, 0.2) is 30.5 Å². The van der Waals surface area contributed by atoms with E-state index in [9.17, 15) is 9.90 Å². The molecule has 10 heteroatoms. The molecule has 2 heterocycles. The Balaban J connectivity index is 1.44. The predicted molar refractivity (Wildman–Crippen MR) is 124 cm³/mol. The molecule has 0 bridgehead atoms. The Morgan fingerprint density at radius 3 is 2.76 bits per heavy atom. The van der Waals surface area contributed by atoms with Crippen LogP contribution in [0.4, 0.5) is 5.95 Å². The molecule has 1 aliphatic rings. The second kappa shape index (κ2) is 9.30. The molecule has 2 N–H and O–H groups in total. The topological polar surface area (TPSA) is 118 Å². The Labute approximate surface area is 193 Å². The lowest BCUT2D eigenvalue weighted by Gasteiger charge is -2.27. The summed E-state index contributed by atoms with van der Waals surface area (Å²) in [6.07, 6.45) is 4.00. The van der Waals surface area contributed by atoms with Gasteiger partial charge in [0.25, 0.3) is 0 Å². The van der Waals surface area contributed by atoms with Crippen LogP contribution in [0, 0.1) is 5.92 Å². The third-order valence-electron chi connectivity index (χ3n) is 5.70. The lowest BCUT2D eigenvalue weighted by Crippen LogP contribution is -2.42. The fourth-order valence-electron chi connectivity index (χ4n) is 4.31. The van der Waals surface area contributed by atoms with E-state index in [1.165, 1.54) is 0 Å². The van der Waals surface area contributed by atoms with Gasteiger partial charge in [-0.3, -0.25) is 4.79 Å². The van der Waals surface area contributed by atoms with Crippen molar-refractivity contribution in [3.05, 3.63) is 30.5 Å². The summed E-state index contributed by atoms with van der Waals surface area (Å²) in [5.41, 5.74) is 1.12. The zero-order valence-corrected chi connectivity index (χ0v) is 19.5. The zero-order valence-electron chi connectivity index (χ0n) is 19.5. The number of carbonyl (C=O) groups is 1. The fraction of sp³-hybridized carbons (Fsp3) is 0.522. The van der Waals surface area contributed by atoms with Crippen molar-refractivity contribution in [1.29, 1.82) is 0 Å². The Morgan fingerprint density at radius 1 is 1.30 bits per heavy atom. The summed E-state index contributed by atoms with van der Waals surface area (Å²) >= 11 is 0. The summed E-state index contributed by atoms with van der Waals surface area (Å²) in [6, 6.07) is 7.69. The van der Waals surface area contributed by atoms with Crippen molar-refractivity contribution in [2.45, 2.75) is 51.7 Å². The molecule has 1 aliphatic carbocycles. The maximum absolute atomic E-state index is 12.8. The van der Waals surface area contributed by atoms with Crippen LogP contribution in [0.25, 0.3) is 16.9 Å². The molecule has 1 saturated carbocycles. The quantitative estimate of drug-likeness (QED) is 0.534. The van der Waals surface area contributed by atoms with E-state index in [2.05, 4.69) is 25.6 Å². The molecule has 2 aromatic heterocycles. The number of likely N-dealkylation sites (N-methyl/N-ethyl adjacent to an activating group) is 1. The van der Waals surface area contributed by atoms with E-state index in [1.807, 2.05) is 31.2 Å². The lowest BCUT2D eigenvalue weighted by molar-refractivity contribution is -0.136. The number of hydrogen-bond donors (Lipinski definition) is 2. The smallest absolute Gasteiger partial charge is 0.225 e. The molecular formula is C23H31N7O3. The monoisotopic (exact) mass is 453 g/mol. The third-order valence-corrected chi connectivity index (χ3v) is 5.70. The van der Waals surface area contributed by atoms with Crippen molar-refractivity contribution in [1.82, 2.24) is 29.9 Å². The number of carbonyl (C=O) groups excluding carboxylic acids is 1. The molecule has 1 aromatic carbocycles. The molecule has 1 amide bonds. The molecule has 3 aromatic rings. The van der Waals surface area contributed by atoms with Crippen LogP contribution >= 0.6 is 0 Å². The number of fused-ring (bicyclic) bond motifs is 1. The van der Waals surface area contributed by atoms with Crippen molar-refractivity contribution in [3.63, 3.8) is 0 Å². The van der Waals surface area contributed by atoms with E-state index in [4.69, 9.17) is 4.74 Å². The highest BCUT2D eigenvalue weighted by atomic mass is 16.5. The molecule has 2 unspecified atom stereocenters. The van der Waals surface area contributed by atoms with Gasteiger partial charge in [0.05, 0.1) is 24.1 Å². The van der Waals surface area contributed by atoms with Crippen molar-refractivity contribution in [2.75, 3.05) is 25.5 Å². The standard InChI is InChI=1S/C23H31N7O3/c1-5-33-18-10-8-17(9-11-18)30-20-19(27-28-30)13-24-22(26-20)25-16-7-6-15(12-16)21(31)29(4)14-23(2,3)32/h8-11,13,15-16,32H,5-7,12,14H2,1-4H3,(H,24,25,26). The van der Waals surface area contributed by atoms with Gasteiger partial charge in [0.2, 0.25) is 11.9 Å². The number of ether oxygens (including phenoxy) is 1. The van der Waals surface area contributed by atoms with Gasteiger partial charge in [-0.25, -0.2) is 4.98 Å². The van der Waals surface area contributed by atoms with E-state index < -0.39 is 5.60 Å². The normalized spacial score (nSPS) is 18.5. The van der Waals surface area contributed by atoms with Gasteiger partial charge in [0, 0.05) is 25.6 Å². The van der Waals surface area contributed by atoms with Crippen molar-refractivity contribution >= 4 is 23.0 Å². The maximum Gasteiger partial charge on any atom is 0.225 e. The first-order chi connectivity index (χ1) is 15.7. The minimum Gasteiger partial charge on any atom is -0.494 e. The number of anilines is 1. The fourth-order valence-corrected chi connectivity index (χ4v) is 4.31. The Hall–Kier alpha value is -3.27. The molecule has 176 valence electrons. The van der Waals surface area contributed by atoms with Crippen LogP contribution in [-0.2, 0) is 4.79 Å². The summed E-state index contributed by atoms with van der Waals surface area (Å²) in [4.78, 5) is 23.4. The van der Waals surface area contributed by atoms with E-state index in [-0.39, 0.29) is 17.9 Å². The van der Waals surface area contributed by atoms with Gasteiger partial charge in [0.1, 0.15) is 5.75 Å². The first-order valence-corrected chi connectivity index (χ1v) is 11.3. The predicted octanol–water partition coefficient (Wildman–Crippen LogP) is 2.42. The van der Waals surface area contributed by atoms with Crippen LogP contribution in [-0.4, -0.2) is 72.7 Å². The maximum atomic E-state index is 12.8. The summed E-state index contributed by atoms with van der Waals surface area (Å²) < 4.78 is 7.17. The van der Waals surface area contributed by atoms with E-state index in [1.54, 1.807) is 36.7 Å². The molecule has 33 heavy (non-hydrogen) atoms. The number of hydrogen-bond acceptors (Lipinski definition) is 8. The Bertz CT molecular complexity index is 1110. The largest absolute Gasteiger partial charge is 0.494 e. The van der Waals surface area contributed by atoms with Crippen LogP contribution in [0.3, 0.4) is 0 Å². The Morgan fingerprint density at radius 2 is 2.06 bits per heavy atom. The first kappa shape index (κ1) is 22.9. The number of nitrogens with one attached hydrogen (secondary N) is 1. The molecule has 0 radical (unpaired) electrons. The first-order valence-electron chi connectivity index (χ1n) is 11.3. The van der Waals surface area contributed by atoms with Crippen LogP contribution in [0.1, 0.15) is 40.0 Å². The molecule has 1 fully saturated rings.